The maximum Gasteiger partial charge on any atom is 0.338 e. The second-order valence-corrected chi connectivity index (χ2v) is 6.18. The molecule has 0 aromatic heterocycles. The number of methoxy groups -OCH3 is 1. The molecule has 25 heavy (non-hydrogen) atoms. The van der Waals surface area contributed by atoms with Crippen LogP contribution in [-0.2, 0) is 19.1 Å². The molecule has 6 heteroatoms. The standard InChI is InChI=1S/C19H34N2O4/c1-5-6-11-17(15(3)19(23)24-4)25-18(22)14(2)13-16(21)10-8-7-9-12-20/h13,16H,5-12,20-21H2,1-4H3. The topological polar surface area (TPSA) is 105 Å². The van der Waals surface area contributed by atoms with Crippen molar-refractivity contribution in [2.45, 2.75) is 71.8 Å². The first-order valence-corrected chi connectivity index (χ1v) is 9.01. The normalized spacial score (nSPS) is 13.9. The smallest absolute Gasteiger partial charge is 0.338 e. The van der Waals surface area contributed by atoms with Gasteiger partial charge in [0, 0.05) is 18.0 Å². The molecule has 0 heterocycles. The summed E-state index contributed by atoms with van der Waals surface area (Å²) in [6.07, 6.45) is 7.76. The van der Waals surface area contributed by atoms with Crippen LogP contribution in [0.3, 0.4) is 0 Å². The fourth-order valence-corrected chi connectivity index (χ4v) is 2.29. The Labute approximate surface area is 151 Å². The van der Waals surface area contributed by atoms with E-state index < -0.39 is 11.9 Å². The molecule has 0 spiro atoms. The van der Waals surface area contributed by atoms with E-state index in [1.165, 1.54) is 7.11 Å². The molecule has 6 nitrogen and oxygen atoms in total. The number of hydrogen-bond acceptors (Lipinski definition) is 6. The predicted octanol–water partition coefficient (Wildman–Crippen LogP) is 2.96. The van der Waals surface area contributed by atoms with E-state index in [2.05, 4.69) is 0 Å². The molecular formula is C19H34N2O4. The number of rotatable bonds is 12. The first kappa shape index (κ1) is 23.3. The van der Waals surface area contributed by atoms with E-state index in [0.29, 0.717) is 29.9 Å². The summed E-state index contributed by atoms with van der Waals surface area (Å²) in [5.74, 6) is -0.605. The lowest BCUT2D eigenvalue weighted by atomic mass is 10.1. The maximum atomic E-state index is 12.3. The number of hydrogen-bond donors (Lipinski definition) is 2. The van der Waals surface area contributed by atoms with Crippen molar-refractivity contribution in [3.05, 3.63) is 23.0 Å². The van der Waals surface area contributed by atoms with Gasteiger partial charge in [0.15, 0.2) is 0 Å². The lowest BCUT2D eigenvalue weighted by molar-refractivity contribution is -0.137. The summed E-state index contributed by atoms with van der Waals surface area (Å²) in [4.78, 5) is 24.0. The Bertz CT molecular complexity index is 484. The third kappa shape index (κ3) is 10.0. The van der Waals surface area contributed by atoms with Gasteiger partial charge in [0.1, 0.15) is 5.76 Å². The molecule has 0 aromatic carbocycles. The highest BCUT2D eigenvalue weighted by Crippen LogP contribution is 2.17. The molecule has 144 valence electrons. The number of carbonyl (C=O) groups is 2. The van der Waals surface area contributed by atoms with Gasteiger partial charge >= 0.3 is 11.9 Å². The van der Waals surface area contributed by atoms with Gasteiger partial charge in [-0.2, -0.15) is 0 Å². The Morgan fingerprint density at radius 1 is 1.08 bits per heavy atom. The third-order valence-corrected chi connectivity index (χ3v) is 3.91. The number of allylic oxidation sites excluding steroid dienone is 1. The van der Waals surface area contributed by atoms with Gasteiger partial charge < -0.3 is 20.9 Å². The summed E-state index contributed by atoms with van der Waals surface area (Å²) in [5, 5.41) is 0. The van der Waals surface area contributed by atoms with Gasteiger partial charge in [-0.05, 0) is 39.7 Å². The Kier molecular flexibility index (Phi) is 12.7. The fourth-order valence-electron chi connectivity index (χ4n) is 2.29. The van der Waals surface area contributed by atoms with Crippen LogP contribution in [0.5, 0.6) is 0 Å². The van der Waals surface area contributed by atoms with Crippen molar-refractivity contribution >= 4 is 11.9 Å². The second-order valence-electron chi connectivity index (χ2n) is 6.18. The van der Waals surface area contributed by atoms with E-state index in [1.54, 1.807) is 19.9 Å². The fraction of sp³-hybridized carbons (Fsp3) is 0.684. The summed E-state index contributed by atoms with van der Waals surface area (Å²) >= 11 is 0. The van der Waals surface area contributed by atoms with Gasteiger partial charge in [0.25, 0.3) is 0 Å². The van der Waals surface area contributed by atoms with Crippen LogP contribution in [0.1, 0.15) is 65.7 Å². The zero-order valence-corrected chi connectivity index (χ0v) is 16.1. The minimum absolute atomic E-state index is 0.199. The van der Waals surface area contributed by atoms with Gasteiger partial charge in [-0.15, -0.1) is 0 Å². The van der Waals surface area contributed by atoms with E-state index in [1.807, 2.05) is 6.92 Å². The van der Waals surface area contributed by atoms with Crippen LogP contribution in [0.2, 0.25) is 0 Å². The summed E-state index contributed by atoms with van der Waals surface area (Å²) in [6, 6.07) is -0.199. The van der Waals surface area contributed by atoms with Crippen LogP contribution >= 0.6 is 0 Å². The van der Waals surface area contributed by atoms with Crippen LogP contribution in [0.15, 0.2) is 23.0 Å². The average Bonchev–Trinajstić information content (AvgIpc) is 2.60. The molecule has 0 fully saturated rings. The van der Waals surface area contributed by atoms with Gasteiger partial charge in [0.05, 0.1) is 12.7 Å². The van der Waals surface area contributed by atoms with E-state index in [4.69, 9.17) is 20.9 Å². The Balaban J connectivity index is 4.86. The van der Waals surface area contributed by atoms with E-state index in [-0.39, 0.29) is 6.04 Å². The van der Waals surface area contributed by atoms with Crippen LogP contribution < -0.4 is 11.5 Å². The number of ether oxygens (including phenoxy) is 2. The zero-order chi connectivity index (χ0) is 19.2. The molecule has 0 bridgehead atoms. The highest BCUT2D eigenvalue weighted by molar-refractivity contribution is 5.91. The van der Waals surface area contributed by atoms with Crippen molar-refractivity contribution in [2.75, 3.05) is 13.7 Å². The molecule has 0 saturated carbocycles. The molecule has 0 saturated heterocycles. The highest BCUT2D eigenvalue weighted by Gasteiger charge is 2.17. The van der Waals surface area contributed by atoms with Crippen LogP contribution in [0.4, 0.5) is 0 Å². The Hall–Kier alpha value is -1.66. The number of esters is 2. The molecular weight excluding hydrogens is 320 g/mol. The van der Waals surface area contributed by atoms with Crippen molar-refractivity contribution in [1.29, 1.82) is 0 Å². The molecule has 0 aromatic rings. The van der Waals surface area contributed by atoms with Crippen molar-refractivity contribution in [2.24, 2.45) is 11.5 Å². The molecule has 1 atom stereocenters. The summed E-state index contributed by atoms with van der Waals surface area (Å²) < 4.78 is 10.2. The molecule has 0 amide bonds. The summed E-state index contributed by atoms with van der Waals surface area (Å²) in [6.45, 7) is 5.99. The van der Waals surface area contributed by atoms with Crippen molar-refractivity contribution in [1.82, 2.24) is 0 Å². The lowest BCUT2D eigenvalue weighted by Crippen LogP contribution is -2.19. The van der Waals surface area contributed by atoms with Gasteiger partial charge in [-0.3, -0.25) is 0 Å². The van der Waals surface area contributed by atoms with Crippen LogP contribution in [0, 0.1) is 0 Å². The molecule has 1 unspecified atom stereocenters. The van der Waals surface area contributed by atoms with Crippen molar-refractivity contribution < 1.29 is 19.1 Å². The zero-order valence-electron chi connectivity index (χ0n) is 16.1. The lowest BCUT2D eigenvalue weighted by Gasteiger charge is -2.13. The minimum Gasteiger partial charge on any atom is -0.466 e. The Morgan fingerprint density at radius 2 is 1.76 bits per heavy atom. The molecule has 0 aliphatic heterocycles. The largest absolute Gasteiger partial charge is 0.466 e. The third-order valence-electron chi connectivity index (χ3n) is 3.91. The van der Waals surface area contributed by atoms with Crippen molar-refractivity contribution in [3.8, 4) is 0 Å². The number of unbranched alkanes of at least 4 members (excludes halogenated alkanes) is 3. The van der Waals surface area contributed by atoms with E-state index in [0.717, 1.165) is 38.5 Å². The number of nitrogens with two attached hydrogens (primary N) is 2. The van der Waals surface area contributed by atoms with E-state index >= 15 is 0 Å². The van der Waals surface area contributed by atoms with Crippen molar-refractivity contribution in [3.63, 3.8) is 0 Å². The molecule has 0 aliphatic carbocycles. The Morgan fingerprint density at radius 3 is 2.32 bits per heavy atom. The molecule has 4 N–H and O–H groups in total. The molecule has 0 rings (SSSR count). The van der Waals surface area contributed by atoms with Crippen LogP contribution in [0.25, 0.3) is 0 Å². The minimum atomic E-state index is -0.489. The maximum absolute atomic E-state index is 12.3. The average molecular weight is 354 g/mol. The summed E-state index contributed by atoms with van der Waals surface area (Å²) in [7, 11) is 1.31. The SMILES string of the molecule is CCCCC(OC(=O)C(C)=CC(N)CCCCCN)=C(C)C(=O)OC. The molecule has 0 aliphatic rings. The first-order valence-electron chi connectivity index (χ1n) is 9.01. The van der Waals surface area contributed by atoms with E-state index in [9.17, 15) is 9.59 Å². The number of carbonyl (C=O) groups excluding carboxylic acids is 2. The van der Waals surface area contributed by atoms with Gasteiger partial charge in [-0.25, -0.2) is 9.59 Å². The quantitative estimate of drug-likeness (QED) is 0.242. The van der Waals surface area contributed by atoms with Gasteiger partial charge in [-0.1, -0.05) is 32.3 Å². The highest BCUT2D eigenvalue weighted by atomic mass is 16.5. The van der Waals surface area contributed by atoms with Gasteiger partial charge in [0.2, 0.25) is 0 Å². The molecule has 0 radical (unpaired) electrons. The first-order chi connectivity index (χ1) is 11.9. The van der Waals surface area contributed by atoms with Crippen LogP contribution in [-0.4, -0.2) is 31.6 Å². The second kappa shape index (κ2) is 13.6. The monoisotopic (exact) mass is 354 g/mol. The summed E-state index contributed by atoms with van der Waals surface area (Å²) in [5.41, 5.74) is 12.3. The predicted molar refractivity (Wildman–Crippen MR) is 99.6 cm³/mol.